The van der Waals surface area contributed by atoms with Crippen LogP contribution in [0.1, 0.15) is 30.6 Å². The van der Waals surface area contributed by atoms with Crippen LogP contribution in [0.15, 0.2) is 41.8 Å². The molecule has 32 heavy (non-hydrogen) atoms. The fraction of sp³-hybridized carbons (Fsp3) is 0.364. The number of carboxylic acids is 1. The first kappa shape index (κ1) is 21.9. The maximum Gasteiger partial charge on any atom is 0.332 e. The van der Waals surface area contributed by atoms with Crippen LogP contribution >= 0.6 is 11.3 Å². The number of rotatable bonds is 7. The van der Waals surface area contributed by atoms with Crippen molar-refractivity contribution in [2.24, 2.45) is 0 Å². The molecule has 0 saturated carbocycles. The van der Waals surface area contributed by atoms with E-state index in [0.717, 1.165) is 15.8 Å². The Bertz CT molecular complexity index is 1040. The molecule has 2 aliphatic rings. The highest BCUT2D eigenvalue weighted by molar-refractivity contribution is 7.09. The molecule has 168 valence electrons. The van der Waals surface area contributed by atoms with Crippen molar-refractivity contribution in [3.8, 4) is 0 Å². The number of anilines is 1. The third-order valence-corrected chi connectivity index (χ3v) is 6.61. The van der Waals surface area contributed by atoms with Crippen molar-refractivity contribution in [2.75, 3.05) is 11.4 Å². The van der Waals surface area contributed by atoms with Crippen LogP contribution in [0.3, 0.4) is 0 Å². The van der Waals surface area contributed by atoms with Gasteiger partial charge in [0.15, 0.2) is 0 Å². The summed E-state index contributed by atoms with van der Waals surface area (Å²) in [5.74, 6) is -2.47. The number of nitrogens with zero attached hydrogens (tertiary/aromatic N) is 3. The number of thiophene rings is 1. The number of benzene rings is 1. The summed E-state index contributed by atoms with van der Waals surface area (Å²) in [5.41, 5.74) is 0.111. The van der Waals surface area contributed by atoms with Gasteiger partial charge >= 0.3 is 12.0 Å². The molecule has 2 atom stereocenters. The molecule has 1 aromatic carbocycles. The van der Waals surface area contributed by atoms with Gasteiger partial charge in [-0.2, -0.15) is 0 Å². The number of hydrogen-bond donors (Lipinski definition) is 1. The first-order chi connectivity index (χ1) is 15.4. The second-order valence-electron chi connectivity index (χ2n) is 7.78. The molecule has 10 heteroatoms. The fourth-order valence-electron chi connectivity index (χ4n) is 4.32. The zero-order valence-electron chi connectivity index (χ0n) is 17.1. The van der Waals surface area contributed by atoms with Gasteiger partial charge in [0.1, 0.15) is 11.9 Å². The van der Waals surface area contributed by atoms with Gasteiger partial charge in [-0.05, 0) is 42.5 Å². The van der Waals surface area contributed by atoms with E-state index in [-0.39, 0.29) is 43.9 Å². The summed E-state index contributed by atoms with van der Waals surface area (Å²) < 4.78 is 13.9. The molecule has 0 radical (unpaired) electrons. The van der Waals surface area contributed by atoms with E-state index in [1.54, 1.807) is 4.90 Å². The topological polar surface area (TPSA) is 98.2 Å². The molecule has 2 aliphatic heterocycles. The van der Waals surface area contributed by atoms with Gasteiger partial charge in [-0.15, -0.1) is 11.3 Å². The average Bonchev–Trinajstić information content (AvgIpc) is 3.41. The van der Waals surface area contributed by atoms with Crippen molar-refractivity contribution >= 4 is 40.8 Å². The molecule has 2 fully saturated rings. The molecule has 4 rings (SSSR count). The molecular formula is C22H22FN3O5S. The van der Waals surface area contributed by atoms with E-state index < -0.39 is 35.8 Å². The number of carbonyl (C=O) groups is 4. The maximum absolute atomic E-state index is 13.9. The van der Waals surface area contributed by atoms with Crippen molar-refractivity contribution < 1.29 is 28.7 Å². The monoisotopic (exact) mass is 459 g/mol. The summed E-state index contributed by atoms with van der Waals surface area (Å²) in [6.07, 6.45) is 0.471. The van der Waals surface area contributed by atoms with E-state index >= 15 is 0 Å². The number of aliphatic carboxylic acids is 1. The van der Waals surface area contributed by atoms with E-state index in [0.29, 0.717) is 6.42 Å². The Morgan fingerprint density at radius 1 is 1.16 bits per heavy atom. The molecule has 0 bridgehead atoms. The van der Waals surface area contributed by atoms with Crippen LogP contribution < -0.4 is 4.90 Å². The second-order valence-corrected chi connectivity index (χ2v) is 8.81. The number of carbonyl (C=O) groups excluding carboxylic acids is 3. The highest BCUT2D eigenvalue weighted by Crippen LogP contribution is 2.35. The Hall–Kier alpha value is -3.27. The van der Waals surface area contributed by atoms with Crippen LogP contribution in [-0.4, -0.2) is 57.3 Å². The zero-order chi connectivity index (χ0) is 22.8. The maximum atomic E-state index is 13.9. The minimum atomic E-state index is -0.990. The second kappa shape index (κ2) is 9.07. The lowest BCUT2D eigenvalue weighted by Crippen LogP contribution is -2.65. The lowest BCUT2D eigenvalue weighted by Gasteiger charge is -2.43. The Morgan fingerprint density at radius 2 is 1.97 bits per heavy atom. The van der Waals surface area contributed by atoms with Crippen LogP contribution in [0.2, 0.25) is 0 Å². The third-order valence-electron chi connectivity index (χ3n) is 5.75. The van der Waals surface area contributed by atoms with Crippen LogP contribution in [0, 0.1) is 5.82 Å². The van der Waals surface area contributed by atoms with E-state index in [9.17, 15) is 23.6 Å². The fourth-order valence-corrected chi connectivity index (χ4v) is 5.02. The van der Waals surface area contributed by atoms with E-state index in [1.165, 1.54) is 34.4 Å². The molecule has 8 nitrogen and oxygen atoms in total. The first-order valence-corrected chi connectivity index (χ1v) is 11.2. The SMILES string of the molecule is O=C(O)CCCC(=O)N1CC[C@@H]2[C@H]1C(=O)N(c1cccc(F)c1)C(=O)N2Cc1cccs1. The summed E-state index contributed by atoms with van der Waals surface area (Å²) in [7, 11) is 0. The number of imide groups is 1. The Balaban J connectivity index is 1.65. The largest absolute Gasteiger partial charge is 0.481 e. The molecule has 4 amide bonds. The van der Waals surface area contributed by atoms with Crippen molar-refractivity contribution in [1.82, 2.24) is 9.80 Å². The van der Waals surface area contributed by atoms with Crippen LogP contribution in [-0.2, 0) is 20.9 Å². The van der Waals surface area contributed by atoms with E-state index in [2.05, 4.69) is 0 Å². The lowest BCUT2D eigenvalue weighted by molar-refractivity contribution is -0.140. The number of likely N-dealkylation sites (tertiary alicyclic amines) is 1. The zero-order valence-corrected chi connectivity index (χ0v) is 18.0. The van der Waals surface area contributed by atoms with Crippen LogP contribution in [0.25, 0.3) is 0 Å². The van der Waals surface area contributed by atoms with E-state index in [1.807, 2.05) is 17.5 Å². The molecule has 0 aliphatic carbocycles. The van der Waals surface area contributed by atoms with Gasteiger partial charge in [0.2, 0.25) is 5.91 Å². The average molecular weight is 459 g/mol. The highest BCUT2D eigenvalue weighted by Gasteiger charge is 2.53. The minimum Gasteiger partial charge on any atom is -0.481 e. The van der Waals surface area contributed by atoms with Gasteiger partial charge in [-0.1, -0.05) is 12.1 Å². The molecule has 0 unspecified atom stereocenters. The quantitative estimate of drug-likeness (QED) is 0.686. The van der Waals surface area contributed by atoms with Gasteiger partial charge < -0.3 is 14.9 Å². The van der Waals surface area contributed by atoms with Gasteiger partial charge in [0, 0.05) is 24.3 Å². The summed E-state index contributed by atoms with van der Waals surface area (Å²) in [4.78, 5) is 55.3. The summed E-state index contributed by atoms with van der Waals surface area (Å²) in [6, 6.07) is 7.07. The number of halogens is 1. The van der Waals surface area contributed by atoms with E-state index in [4.69, 9.17) is 5.11 Å². The molecule has 1 aromatic heterocycles. The Kier molecular flexibility index (Phi) is 6.22. The molecule has 2 saturated heterocycles. The van der Waals surface area contributed by atoms with Gasteiger partial charge in [-0.25, -0.2) is 14.1 Å². The molecule has 0 spiro atoms. The third kappa shape index (κ3) is 4.22. The summed E-state index contributed by atoms with van der Waals surface area (Å²) in [6.45, 7) is 0.565. The first-order valence-electron chi connectivity index (χ1n) is 10.3. The Labute approximate surface area is 187 Å². The molecule has 1 N–H and O–H groups in total. The van der Waals surface area contributed by atoms with Crippen molar-refractivity contribution in [1.29, 1.82) is 0 Å². The number of fused-ring (bicyclic) bond motifs is 1. The van der Waals surface area contributed by atoms with Crippen LogP contribution in [0.5, 0.6) is 0 Å². The minimum absolute atomic E-state index is 0.00162. The van der Waals surface area contributed by atoms with Crippen LogP contribution in [0.4, 0.5) is 14.9 Å². The number of carboxylic acid groups (broad SMARTS) is 1. The van der Waals surface area contributed by atoms with Gasteiger partial charge in [-0.3, -0.25) is 14.4 Å². The van der Waals surface area contributed by atoms with Gasteiger partial charge in [0.05, 0.1) is 18.3 Å². The predicted molar refractivity (Wildman–Crippen MR) is 115 cm³/mol. The summed E-state index contributed by atoms with van der Waals surface area (Å²) in [5, 5.41) is 10.7. The lowest BCUT2D eigenvalue weighted by atomic mass is 10.0. The number of urea groups is 1. The standard InChI is InChI=1S/C22H22FN3O5S/c23-14-4-1-5-15(12-14)26-21(30)20-17(25(22(26)31)13-16-6-3-11-32-16)9-10-24(20)18(27)7-2-8-19(28)29/h1,3-6,11-12,17,20H,2,7-10,13H2,(H,28,29)/t17-,20+/m1/s1. The molecular weight excluding hydrogens is 437 g/mol. The Morgan fingerprint density at radius 3 is 2.66 bits per heavy atom. The smallest absolute Gasteiger partial charge is 0.332 e. The highest BCUT2D eigenvalue weighted by atomic mass is 32.1. The molecule has 3 heterocycles. The number of hydrogen-bond acceptors (Lipinski definition) is 5. The number of amides is 4. The summed E-state index contributed by atoms with van der Waals surface area (Å²) >= 11 is 1.48. The predicted octanol–water partition coefficient (Wildman–Crippen LogP) is 3.08. The van der Waals surface area contributed by atoms with Crippen molar-refractivity contribution in [3.05, 3.63) is 52.5 Å². The van der Waals surface area contributed by atoms with Crippen molar-refractivity contribution in [3.63, 3.8) is 0 Å². The van der Waals surface area contributed by atoms with Gasteiger partial charge in [0.25, 0.3) is 5.91 Å². The normalized spacial score (nSPS) is 20.6. The van der Waals surface area contributed by atoms with Crippen molar-refractivity contribution in [2.45, 2.75) is 44.3 Å². The molecule has 2 aromatic rings.